The summed E-state index contributed by atoms with van der Waals surface area (Å²) in [5.41, 5.74) is 0. The van der Waals surface area contributed by atoms with E-state index in [1.54, 1.807) is 18.0 Å². The number of aliphatic hydroxyl groups is 1. The minimum absolute atomic E-state index is 0.206. The Morgan fingerprint density at radius 3 is 3.00 bits per heavy atom. The Balaban J connectivity index is 2.68. The zero-order valence-electron chi connectivity index (χ0n) is 10.1. The summed E-state index contributed by atoms with van der Waals surface area (Å²) >= 11 is 5.09. The van der Waals surface area contributed by atoms with E-state index in [-0.39, 0.29) is 6.61 Å². The van der Waals surface area contributed by atoms with Crippen LogP contribution in [0.5, 0.6) is 0 Å². The van der Waals surface area contributed by atoms with Gasteiger partial charge in [0.15, 0.2) is 0 Å². The molecule has 4 nitrogen and oxygen atoms in total. The maximum atomic E-state index is 8.88. The number of rotatable bonds is 7. The van der Waals surface area contributed by atoms with Crippen molar-refractivity contribution in [3.63, 3.8) is 0 Å². The van der Waals surface area contributed by atoms with Crippen molar-refractivity contribution in [2.75, 3.05) is 18.5 Å². The summed E-state index contributed by atoms with van der Waals surface area (Å²) in [4.78, 5) is 8.64. The minimum Gasteiger partial charge on any atom is -0.396 e. The summed E-state index contributed by atoms with van der Waals surface area (Å²) in [6, 6.07) is 0. The van der Waals surface area contributed by atoms with Gasteiger partial charge in [-0.3, -0.25) is 0 Å². The van der Waals surface area contributed by atoms with Crippen LogP contribution in [0, 0.1) is 0 Å². The Bertz CT molecular complexity index is 351. The second-order valence-corrected chi connectivity index (χ2v) is 6.00. The largest absolute Gasteiger partial charge is 0.396 e. The maximum Gasteiger partial charge on any atom is 0.223 e. The van der Waals surface area contributed by atoms with Gasteiger partial charge in [0.25, 0.3) is 0 Å². The van der Waals surface area contributed by atoms with E-state index in [1.807, 2.05) is 0 Å². The van der Waals surface area contributed by atoms with Crippen molar-refractivity contribution >= 4 is 33.6 Å². The molecule has 1 unspecified atom stereocenters. The Labute approximate surface area is 115 Å². The summed E-state index contributed by atoms with van der Waals surface area (Å²) in [5.74, 6) is 0.661. The van der Waals surface area contributed by atoms with Gasteiger partial charge >= 0.3 is 0 Å². The Morgan fingerprint density at radius 2 is 2.35 bits per heavy atom. The lowest BCUT2D eigenvalue weighted by molar-refractivity contribution is 0.289. The summed E-state index contributed by atoms with van der Waals surface area (Å²) < 4.78 is 0.898. The number of aliphatic hydroxyl groups excluding tert-OH is 1. The van der Waals surface area contributed by atoms with Gasteiger partial charge in [0.05, 0.1) is 4.47 Å². The molecule has 1 atom stereocenters. The highest BCUT2D eigenvalue weighted by Gasteiger charge is 2.10. The molecule has 0 aromatic carbocycles. The predicted molar refractivity (Wildman–Crippen MR) is 75.5 cm³/mol. The van der Waals surface area contributed by atoms with E-state index < -0.39 is 0 Å². The molecule has 0 aliphatic rings. The molecule has 0 amide bonds. The molecule has 0 saturated carbocycles. The Morgan fingerprint density at radius 1 is 1.59 bits per heavy atom. The molecular formula is C11H18BrN3OS. The molecule has 0 spiro atoms. The van der Waals surface area contributed by atoms with E-state index in [0.717, 1.165) is 28.9 Å². The molecule has 96 valence electrons. The van der Waals surface area contributed by atoms with Crippen molar-refractivity contribution in [1.82, 2.24) is 9.97 Å². The van der Waals surface area contributed by atoms with Crippen LogP contribution in [-0.2, 0) is 0 Å². The highest BCUT2D eigenvalue weighted by Crippen LogP contribution is 2.30. The van der Waals surface area contributed by atoms with Crippen molar-refractivity contribution in [3.05, 3.63) is 10.7 Å². The fraction of sp³-hybridized carbons (Fsp3) is 0.636. The molecule has 17 heavy (non-hydrogen) atoms. The number of aromatic nitrogens is 2. The van der Waals surface area contributed by atoms with E-state index in [1.165, 1.54) is 0 Å². The van der Waals surface area contributed by atoms with Crippen LogP contribution in [0.4, 0.5) is 5.95 Å². The lowest BCUT2D eigenvalue weighted by atomic mass is 10.3. The highest BCUT2D eigenvalue weighted by molar-refractivity contribution is 9.10. The normalized spacial score (nSPS) is 12.5. The van der Waals surface area contributed by atoms with Crippen LogP contribution in [0.1, 0.15) is 26.7 Å². The number of halogens is 1. The van der Waals surface area contributed by atoms with Crippen LogP contribution < -0.4 is 5.32 Å². The minimum atomic E-state index is 0.206. The predicted octanol–water partition coefficient (Wildman–Crippen LogP) is 2.92. The zero-order chi connectivity index (χ0) is 12.7. The molecule has 1 heterocycles. The van der Waals surface area contributed by atoms with Crippen LogP contribution in [0.3, 0.4) is 0 Å². The Hall–Kier alpha value is -0.330. The molecule has 0 aliphatic heterocycles. The first kappa shape index (κ1) is 14.7. The average Bonchev–Trinajstić information content (AvgIpc) is 2.30. The van der Waals surface area contributed by atoms with Crippen molar-refractivity contribution in [1.29, 1.82) is 0 Å². The first-order chi connectivity index (χ1) is 8.17. The van der Waals surface area contributed by atoms with Crippen LogP contribution >= 0.6 is 27.7 Å². The maximum absolute atomic E-state index is 8.88. The lowest BCUT2D eigenvalue weighted by Gasteiger charge is -2.11. The van der Waals surface area contributed by atoms with Gasteiger partial charge < -0.3 is 10.4 Å². The SMILES string of the molecule is CCCNc1ncc(Br)c(SC(C)CCO)n1. The van der Waals surface area contributed by atoms with Crippen molar-refractivity contribution < 1.29 is 5.11 Å². The third kappa shape index (κ3) is 5.23. The van der Waals surface area contributed by atoms with E-state index in [0.29, 0.717) is 11.2 Å². The first-order valence-electron chi connectivity index (χ1n) is 5.71. The van der Waals surface area contributed by atoms with Gasteiger partial charge in [-0.1, -0.05) is 13.8 Å². The number of hydrogen-bond donors (Lipinski definition) is 2. The number of anilines is 1. The molecule has 1 aromatic heterocycles. The lowest BCUT2D eigenvalue weighted by Crippen LogP contribution is -2.06. The number of nitrogens with zero attached hydrogens (tertiary/aromatic N) is 2. The molecule has 0 radical (unpaired) electrons. The van der Waals surface area contributed by atoms with Crippen molar-refractivity contribution in [2.45, 2.75) is 37.0 Å². The van der Waals surface area contributed by atoms with Crippen LogP contribution in [0.15, 0.2) is 15.7 Å². The standard InChI is InChI=1S/C11H18BrN3OS/c1-3-5-13-11-14-7-9(12)10(15-11)17-8(2)4-6-16/h7-8,16H,3-6H2,1-2H3,(H,13,14,15). The van der Waals surface area contributed by atoms with Gasteiger partial charge in [0, 0.05) is 24.6 Å². The molecule has 0 aliphatic carbocycles. The second kappa shape index (κ2) is 7.89. The molecule has 1 aromatic rings. The third-order valence-corrected chi connectivity index (χ3v) is 4.11. The van der Waals surface area contributed by atoms with Gasteiger partial charge in [-0.25, -0.2) is 9.97 Å². The van der Waals surface area contributed by atoms with E-state index >= 15 is 0 Å². The fourth-order valence-corrected chi connectivity index (χ4v) is 2.57. The van der Waals surface area contributed by atoms with Crippen LogP contribution in [-0.4, -0.2) is 33.5 Å². The molecular weight excluding hydrogens is 302 g/mol. The molecule has 0 bridgehead atoms. The summed E-state index contributed by atoms with van der Waals surface area (Å²) in [6.07, 6.45) is 3.57. The number of nitrogens with one attached hydrogen (secondary N) is 1. The smallest absolute Gasteiger partial charge is 0.223 e. The van der Waals surface area contributed by atoms with Gasteiger partial charge in [-0.05, 0) is 28.8 Å². The van der Waals surface area contributed by atoms with Crippen molar-refractivity contribution in [3.8, 4) is 0 Å². The molecule has 1 rings (SSSR count). The van der Waals surface area contributed by atoms with Gasteiger partial charge in [-0.15, -0.1) is 11.8 Å². The molecule has 6 heteroatoms. The fourth-order valence-electron chi connectivity index (χ4n) is 1.19. The van der Waals surface area contributed by atoms with E-state index in [9.17, 15) is 0 Å². The first-order valence-corrected chi connectivity index (χ1v) is 7.38. The van der Waals surface area contributed by atoms with Gasteiger partial charge in [0.1, 0.15) is 5.03 Å². The van der Waals surface area contributed by atoms with Gasteiger partial charge in [0.2, 0.25) is 5.95 Å². The Kier molecular flexibility index (Phi) is 6.84. The van der Waals surface area contributed by atoms with Crippen LogP contribution in [0.25, 0.3) is 0 Å². The average molecular weight is 320 g/mol. The number of thioether (sulfide) groups is 1. The quantitative estimate of drug-likeness (QED) is 0.597. The van der Waals surface area contributed by atoms with Gasteiger partial charge in [-0.2, -0.15) is 0 Å². The summed E-state index contributed by atoms with van der Waals surface area (Å²) in [7, 11) is 0. The molecule has 0 saturated heterocycles. The molecule has 0 fully saturated rings. The summed E-state index contributed by atoms with van der Waals surface area (Å²) in [5, 5.41) is 13.3. The monoisotopic (exact) mass is 319 g/mol. The highest BCUT2D eigenvalue weighted by atomic mass is 79.9. The van der Waals surface area contributed by atoms with E-state index in [2.05, 4.69) is 45.1 Å². The molecule has 2 N–H and O–H groups in total. The topological polar surface area (TPSA) is 58.0 Å². The zero-order valence-corrected chi connectivity index (χ0v) is 12.5. The van der Waals surface area contributed by atoms with E-state index in [4.69, 9.17) is 5.11 Å². The van der Waals surface area contributed by atoms with Crippen molar-refractivity contribution in [2.24, 2.45) is 0 Å². The van der Waals surface area contributed by atoms with Crippen LogP contribution in [0.2, 0.25) is 0 Å². The third-order valence-electron chi connectivity index (χ3n) is 2.09. The summed E-state index contributed by atoms with van der Waals surface area (Å²) in [6.45, 7) is 5.26. The second-order valence-electron chi connectivity index (χ2n) is 3.71. The number of hydrogen-bond acceptors (Lipinski definition) is 5.